The number of carboxylic acids is 1. The summed E-state index contributed by atoms with van der Waals surface area (Å²) >= 11 is 6.61. The molecule has 0 bridgehead atoms. The molecule has 96 valence electrons. The van der Waals surface area contributed by atoms with Crippen LogP contribution in [0.25, 0.3) is 0 Å². The lowest BCUT2D eigenvalue weighted by Gasteiger charge is -2.11. The van der Waals surface area contributed by atoms with Crippen molar-refractivity contribution in [2.24, 2.45) is 0 Å². The van der Waals surface area contributed by atoms with Gasteiger partial charge in [-0.3, -0.25) is 4.79 Å². The number of hydrogen-bond acceptors (Lipinski definition) is 4. The summed E-state index contributed by atoms with van der Waals surface area (Å²) in [5.41, 5.74) is 0. The molecule has 1 atom stereocenters. The monoisotopic (exact) mass is 297 g/mol. The predicted octanol–water partition coefficient (Wildman–Crippen LogP) is 1.93. The molecule has 1 rings (SSSR count). The van der Waals surface area contributed by atoms with Crippen molar-refractivity contribution in [1.82, 2.24) is 4.72 Å². The first-order chi connectivity index (χ1) is 7.81. The average molecular weight is 298 g/mol. The Bertz CT molecular complexity index is 497. The van der Waals surface area contributed by atoms with Crippen molar-refractivity contribution >= 4 is 38.9 Å². The van der Waals surface area contributed by atoms with E-state index in [1.165, 1.54) is 12.1 Å². The Labute approximate surface area is 108 Å². The SMILES string of the molecule is CC(CCC(=O)O)NS(=O)(=O)c1ccc(Cl)s1. The molecule has 0 aliphatic carbocycles. The molecule has 0 amide bonds. The van der Waals surface area contributed by atoms with Crippen LogP contribution in [0.2, 0.25) is 4.34 Å². The van der Waals surface area contributed by atoms with E-state index < -0.39 is 22.0 Å². The second-order valence-corrected chi connectivity index (χ2v) is 7.17. The third kappa shape index (κ3) is 4.63. The fourth-order valence-electron chi connectivity index (χ4n) is 1.16. The third-order valence-electron chi connectivity index (χ3n) is 1.96. The summed E-state index contributed by atoms with van der Waals surface area (Å²) in [7, 11) is -3.60. The fraction of sp³-hybridized carbons (Fsp3) is 0.444. The Balaban J connectivity index is 2.64. The molecule has 1 unspecified atom stereocenters. The molecular weight excluding hydrogens is 286 g/mol. The Morgan fingerprint density at radius 1 is 1.59 bits per heavy atom. The lowest BCUT2D eigenvalue weighted by Crippen LogP contribution is -2.32. The number of aliphatic carboxylic acids is 1. The van der Waals surface area contributed by atoms with Crippen molar-refractivity contribution in [3.05, 3.63) is 16.5 Å². The van der Waals surface area contributed by atoms with Gasteiger partial charge < -0.3 is 5.11 Å². The van der Waals surface area contributed by atoms with Crippen LogP contribution in [0.4, 0.5) is 0 Å². The fourth-order valence-corrected chi connectivity index (χ4v) is 3.94. The Kier molecular flexibility index (Phi) is 4.93. The molecule has 1 heterocycles. The van der Waals surface area contributed by atoms with Crippen molar-refractivity contribution in [2.45, 2.75) is 30.0 Å². The number of thiophene rings is 1. The molecule has 8 heteroatoms. The van der Waals surface area contributed by atoms with E-state index in [0.29, 0.717) is 4.34 Å². The first-order valence-corrected chi connectivity index (χ1v) is 7.48. The van der Waals surface area contributed by atoms with Gasteiger partial charge in [-0.15, -0.1) is 11.3 Å². The van der Waals surface area contributed by atoms with Crippen LogP contribution in [0.3, 0.4) is 0 Å². The minimum Gasteiger partial charge on any atom is -0.481 e. The molecule has 1 aromatic heterocycles. The zero-order valence-corrected chi connectivity index (χ0v) is 11.4. The van der Waals surface area contributed by atoms with Crippen LogP contribution in [0.15, 0.2) is 16.3 Å². The van der Waals surface area contributed by atoms with Gasteiger partial charge in [0.2, 0.25) is 10.0 Å². The lowest BCUT2D eigenvalue weighted by molar-refractivity contribution is -0.137. The van der Waals surface area contributed by atoms with Crippen molar-refractivity contribution in [2.75, 3.05) is 0 Å². The molecule has 0 radical (unpaired) electrons. The molecule has 0 aliphatic heterocycles. The highest BCUT2D eigenvalue weighted by Gasteiger charge is 2.19. The van der Waals surface area contributed by atoms with Crippen LogP contribution in [0.5, 0.6) is 0 Å². The molecule has 0 saturated carbocycles. The maximum absolute atomic E-state index is 11.8. The number of sulfonamides is 1. The van der Waals surface area contributed by atoms with E-state index in [9.17, 15) is 13.2 Å². The first kappa shape index (κ1) is 14.4. The van der Waals surface area contributed by atoms with E-state index in [-0.39, 0.29) is 17.1 Å². The van der Waals surface area contributed by atoms with Gasteiger partial charge in [0.05, 0.1) is 4.34 Å². The van der Waals surface area contributed by atoms with Crippen LogP contribution in [0, 0.1) is 0 Å². The Morgan fingerprint density at radius 2 is 2.24 bits per heavy atom. The topological polar surface area (TPSA) is 83.5 Å². The summed E-state index contributed by atoms with van der Waals surface area (Å²) in [4.78, 5) is 10.4. The number of hydrogen-bond donors (Lipinski definition) is 2. The van der Waals surface area contributed by atoms with Crippen molar-refractivity contribution in [3.8, 4) is 0 Å². The highest BCUT2D eigenvalue weighted by Crippen LogP contribution is 2.25. The van der Waals surface area contributed by atoms with E-state index >= 15 is 0 Å². The van der Waals surface area contributed by atoms with Gasteiger partial charge in [0.25, 0.3) is 0 Å². The van der Waals surface area contributed by atoms with Crippen molar-refractivity contribution in [3.63, 3.8) is 0 Å². The summed E-state index contributed by atoms with van der Waals surface area (Å²) in [6, 6.07) is 2.49. The van der Waals surface area contributed by atoms with Gasteiger partial charge in [-0.1, -0.05) is 11.6 Å². The minimum absolute atomic E-state index is 0.0745. The molecule has 0 saturated heterocycles. The second-order valence-electron chi connectivity index (χ2n) is 3.51. The molecular formula is C9H12ClNO4S2. The van der Waals surface area contributed by atoms with E-state index in [1.807, 2.05) is 0 Å². The predicted molar refractivity (Wildman–Crippen MR) is 66.0 cm³/mol. The molecule has 2 N–H and O–H groups in total. The van der Waals surface area contributed by atoms with Crippen LogP contribution in [-0.2, 0) is 14.8 Å². The van der Waals surface area contributed by atoms with E-state index in [2.05, 4.69) is 4.72 Å². The molecule has 17 heavy (non-hydrogen) atoms. The zero-order valence-electron chi connectivity index (χ0n) is 9.01. The summed E-state index contributed by atoms with van der Waals surface area (Å²) < 4.78 is 26.5. The standard InChI is InChI=1S/C9H12ClNO4S2/c1-6(2-4-8(12)13)11-17(14,15)9-5-3-7(10)16-9/h3,5-6,11H,2,4H2,1H3,(H,12,13). The smallest absolute Gasteiger partial charge is 0.303 e. The Morgan fingerprint density at radius 3 is 2.71 bits per heavy atom. The van der Waals surface area contributed by atoms with E-state index in [4.69, 9.17) is 16.7 Å². The van der Waals surface area contributed by atoms with Gasteiger partial charge in [-0.2, -0.15) is 0 Å². The molecule has 0 fully saturated rings. The average Bonchev–Trinajstić information content (AvgIpc) is 2.62. The number of rotatable bonds is 6. The molecule has 0 aromatic carbocycles. The van der Waals surface area contributed by atoms with Gasteiger partial charge in [0.15, 0.2) is 0 Å². The van der Waals surface area contributed by atoms with E-state index in [1.54, 1.807) is 6.92 Å². The maximum Gasteiger partial charge on any atom is 0.303 e. The number of nitrogens with one attached hydrogen (secondary N) is 1. The van der Waals surface area contributed by atoms with E-state index in [0.717, 1.165) is 11.3 Å². The first-order valence-electron chi connectivity index (χ1n) is 4.81. The second kappa shape index (κ2) is 5.81. The van der Waals surface area contributed by atoms with Gasteiger partial charge in [-0.05, 0) is 25.5 Å². The third-order valence-corrected chi connectivity index (χ3v) is 5.27. The maximum atomic E-state index is 11.8. The molecule has 1 aromatic rings. The summed E-state index contributed by atoms with van der Waals surface area (Å²) in [6.45, 7) is 1.62. The highest BCUT2D eigenvalue weighted by atomic mass is 35.5. The van der Waals surface area contributed by atoms with Crippen molar-refractivity contribution in [1.29, 1.82) is 0 Å². The van der Waals surface area contributed by atoms with Crippen LogP contribution < -0.4 is 4.72 Å². The van der Waals surface area contributed by atoms with Gasteiger partial charge in [0.1, 0.15) is 4.21 Å². The number of carbonyl (C=O) groups is 1. The molecule has 0 aliphatic rings. The molecule has 0 spiro atoms. The lowest BCUT2D eigenvalue weighted by atomic mass is 10.2. The minimum atomic E-state index is -3.60. The largest absolute Gasteiger partial charge is 0.481 e. The zero-order chi connectivity index (χ0) is 13.1. The summed E-state index contributed by atoms with van der Waals surface area (Å²) in [5, 5.41) is 8.49. The van der Waals surface area contributed by atoms with Crippen LogP contribution in [-0.4, -0.2) is 25.5 Å². The van der Waals surface area contributed by atoms with Crippen molar-refractivity contribution < 1.29 is 18.3 Å². The number of halogens is 1. The highest BCUT2D eigenvalue weighted by molar-refractivity contribution is 7.91. The van der Waals surface area contributed by atoms with Gasteiger partial charge in [-0.25, -0.2) is 13.1 Å². The Hall–Kier alpha value is -0.630. The van der Waals surface area contributed by atoms with Gasteiger partial charge >= 0.3 is 5.97 Å². The van der Waals surface area contributed by atoms with Gasteiger partial charge in [0, 0.05) is 12.5 Å². The van der Waals surface area contributed by atoms with Crippen LogP contribution in [0.1, 0.15) is 19.8 Å². The number of carboxylic acid groups (broad SMARTS) is 1. The summed E-state index contributed by atoms with van der Waals surface area (Å²) in [6.07, 6.45) is 0.169. The quantitative estimate of drug-likeness (QED) is 0.840. The normalized spacial score (nSPS) is 13.5. The molecule has 5 nitrogen and oxygen atoms in total. The van der Waals surface area contributed by atoms with Crippen LogP contribution >= 0.6 is 22.9 Å². The summed E-state index contributed by atoms with van der Waals surface area (Å²) in [5.74, 6) is -0.949.